The fourth-order valence-electron chi connectivity index (χ4n) is 0.428. The molecule has 1 aromatic rings. The highest BCUT2D eigenvalue weighted by Gasteiger charge is 1.74. The molecule has 0 aliphatic rings. The Bertz CT molecular complexity index is 143. The highest BCUT2D eigenvalue weighted by Crippen LogP contribution is 2.02. The lowest BCUT2D eigenvalue weighted by atomic mass is 10.3. The van der Waals surface area contributed by atoms with E-state index in [1.165, 1.54) is 0 Å². The third-order valence-electron chi connectivity index (χ3n) is 0.756. The van der Waals surface area contributed by atoms with E-state index >= 15 is 0 Å². The second-order valence-corrected chi connectivity index (χ2v) is 1.34. The van der Waals surface area contributed by atoms with Gasteiger partial charge in [0.2, 0.25) is 0 Å². The average Bonchev–Trinajstić information content (AvgIpc) is 1.94. The van der Waals surface area contributed by atoms with Crippen LogP contribution < -0.4 is 4.76 Å². The largest absolute Gasteiger partial charge is 0.508 e. The molecule has 1 aromatic carbocycles. The Balaban J connectivity index is 0.000000291. The number of para-hydroxylation sites is 1. The maximum atomic E-state index is 8.63. The van der Waals surface area contributed by atoms with Crippen LogP contribution in [0.4, 0.5) is 0 Å². The fraction of sp³-hybridized carbons (Fsp3) is 0. The molecule has 50 valence electrons. The Kier molecular flexibility index (Phi) is 5.26. The smallest absolute Gasteiger partial charge is 0.115 e. The summed E-state index contributed by atoms with van der Waals surface area (Å²) in [5.74, 6) is 0.322. The van der Waals surface area contributed by atoms with E-state index in [-0.39, 0.29) is 0 Å². The van der Waals surface area contributed by atoms with Crippen molar-refractivity contribution in [2.75, 3.05) is 0 Å². The Morgan fingerprint density at radius 2 is 1.56 bits per heavy atom. The van der Waals surface area contributed by atoms with Crippen molar-refractivity contribution in [3.05, 3.63) is 30.3 Å². The SMILES string of the molecule is NBr.Oc1ccccc1. The second kappa shape index (κ2) is 5.59. The van der Waals surface area contributed by atoms with Crippen LogP contribution in [0.3, 0.4) is 0 Å². The van der Waals surface area contributed by atoms with Crippen LogP contribution in [-0.4, -0.2) is 5.11 Å². The van der Waals surface area contributed by atoms with Crippen molar-refractivity contribution < 1.29 is 5.11 Å². The molecule has 0 radical (unpaired) electrons. The van der Waals surface area contributed by atoms with Gasteiger partial charge in [-0.2, -0.15) is 0 Å². The third kappa shape index (κ3) is 4.00. The zero-order valence-corrected chi connectivity index (χ0v) is 6.38. The van der Waals surface area contributed by atoms with Gasteiger partial charge in [0.05, 0.1) is 0 Å². The first-order chi connectivity index (χ1) is 4.39. The van der Waals surface area contributed by atoms with Crippen molar-refractivity contribution in [3.63, 3.8) is 0 Å². The Morgan fingerprint density at radius 1 is 1.11 bits per heavy atom. The number of rotatable bonds is 0. The lowest BCUT2D eigenvalue weighted by molar-refractivity contribution is 0.475. The monoisotopic (exact) mass is 189 g/mol. The highest BCUT2D eigenvalue weighted by atomic mass is 79.9. The summed E-state index contributed by atoms with van der Waals surface area (Å²) in [4.78, 5) is 0. The first-order valence-corrected chi connectivity index (χ1v) is 3.27. The van der Waals surface area contributed by atoms with Crippen molar-refractivity contribution in [2.24, 2.45) is 4.76 Å². The summed E-state index contributed by atoms with van der Waals surface area (Å²) in [5, 5.41) is 8.63. The molecule has 0 heterocycles. The maximum Gasteiger partial charge on any atom is 0.115 e. The average molecular weight is 190 g/mol. The van der Waals surface area contributed by atoms with E-state index < -0.39 is 0 Å². The molecule has 0 bridgehead atoms. The molecule has 2 nitrogen and oxygen atoms in total. The summed E-state index contributed by atoms with van der Waals surface area (Å²) in [6, 6.07) is 8.71. The van der Waals surface area contributed by atoms with Gasteiger partial charge in [-0.25, -0.2) is 0 Å². The fourth-order valence-corrected chi connectivity index (χ4v) is 0.428. The summed E-state index contributed by atoms with van der Waals surface area (Å²) < 4.78 is 4.31. The summed E-state index contributed by atoms with van der Waals surface area (Å²) in [5.41, 5.74) is 0. The summed E-state index contributed by atoms with van der Waals surface area (Å²) in [7, 11) is 0. The first-order valence-electron chi connectivity index (χ1n) is 2.35. The molecule has 3 heteroatoms. The number of nitrogens with two attached hydrogens (primary N) is 1. The second-order valence-electron chi connectivity index (χ2n) is 1.34. The van der Waals surface area contributed by atoms with E-state index in [4.69, 9.17) is 5.11 Å². The third-order valence-corrected chi connectivity index (χ3v) is 0.756. The molecule has 9 heavy (non-hydrogen) atoms. The van der Waals surface area contributed by atoms with Gasteiger partial charge >= 0.3 is 0 Å². The molecule has 0 atom stereocenters. The van der Waals surface area contributed by atoms with Crippen LogP contribution in [0.5, 0.6) is 5.75 Å². The number of benzene rings is 1. The van der Waals surface area contributed by atoms with Gasteiger partial charge < -0.3 is 5.11 Å². The Hall–Kier alpha value is -0.540. The van der Waals surface area contributed by atoms with E-state index in [9.17, 15) is 0 Å². The zero-order valence-electron chi connectivity index (χ0n) is 4.79. The van der Waals surface area contributed by atoms with E-state index in [0.717, 1.165) is 0 Å². The molecule has 0 saturated heterocycles. The minimum Gasteiger partial charge on any atom is -0.508 e. The molecular formula is C6H8BrNO. The van der Waals surface area contributed by atoms with Crippen molar-refractivity contribution in [1.82, 2.24) is 0 Å². The highest BCUT2D eigenvalue weighted by molar-refractivity contribution is 9.07. The lowest BCUT2D eigenvalue weighted by Gasteiger charge is -1.82. The quantitative estimate of drug-likeness (QED) is 0.611. The van der Waals surface area contributed by atoms with Gasteiger partial charge in [0, 0.05) is 16.1 Å². The Morgan fingerprint density at radius 3 is 1.78 bits per heavy atom. The van der Waals surface area contributed by atoms with Crippen LogP contribution >= 0.6 is 16.1 Å². The number of aromatic hydroxyl groups is 1. The normalized spacial score (nSPS) is 7.33. The molecule has 1 rings (SSSR count). The minimum absolute atomic E-state index is 0.322. The number of phenolic OH excluding ortho intramolecular Hbond substituents is 1. The molecule has 3 N–H and O–H groups in total. The van der Waals surface area contributed by atoms with Crippen LogP contribution in [-0.2, 0) is 0 Å². The molecule has 0 aliphatic heterocycles. The van der Waals surface area contributed by atoms with Crippen molar-refractivity contribution in [2.45, 2.75) is 0 Å². The summed E-state index contributed by atoms with van der Waals surface area (Å²) in [6.07, 6.45) is 0. The minimum atomic E-state index is 0.322. The topological polar surface area (TPSA) is 46.2 Å². The van der Waals surface area contributed by atoms with Crippen LogP contribution in [0, 0.1) is 0 Å². The predicted octanol–water partition coefficient (Wildman–Crippen LogP) is 1.65. The van der Waals surface area contributed by atoms with Gasteiger partial charge in [-0.05, 0) is 12.1 Å². The summed E-state index contributed by atoms with van der Waals surface area (Å²) in [6.45, 7) is 0. The standard InChI is InChI=1S/C6H6O.BrH2N/c7-6-4-2-1-3-5-6;1-2/h1-5,7H;2H2. The van der Waals surface area contributed by atoms with Crippen LogP contribution in [0.15, 0.2) is 30.3 Å². The Labute approximate surface area is 62.6 Å². The number of hydrogen-bond donors (Lipinski definition) is 2. The van der Waals surface area contributed by atoms with E-state index in [2.05, 4.69) is 20.9 Å². The molecule has 0 fully saturated rings. The van der Waals surface area contributed by atoms with E-state index in [1.807, 2.05) is 6.07 Å². The van der Waals surface area contributed by atoms with Crippen molar-refractivity contribution in [1.29, 1.82) is 0 Å². The molecule has 0 aliphatic carbocycles. The predicted molar refractivity (Wildman–Crippen MR) is 41.2 cm³/mol. The number of hydrogen-bond acceptors (Lipinski definition) is 2. The number of phenols is 1. The molecule has 0 amide bonds. The van der Waals surface area contributed by atoms with Gasteiger partial charge in [-0.3, -0.25) is 4.76 Å². The molecule has 0 aromatic heterocycles. The molecular weight excluding hydrogens is 182 g/mol. The molecule has 0 unspecified atom stereocenters. The molecule has 0 spiro atoms. The maximum absolute atomic E-state index is 8.63. The van der Waals surface area contributed by atoms with Crippen LogP contribution in [0.1, 0.15) is 0 Å². The van der Waals surface area contributed by atoms with Crippen molar-refractivity contribution in [3.8, 4) is 5.75 Å². The first kappa shape index (κ1) is 8.46. The van der Waals surface area contributed by atoms with Crippen LogP contribution in [0.2, 0.25) is 0 Å². The van der Waals surface area contributed by atoms with Crippen LogP contribution in [0.25, 0.3) is 0 Å². The summed E-state index contributed by atoms with van der Waals surface area (Å²) >= 11 is 2.44. The van der Waals surface area contributed by atoms with Gasteiger partial charge in [-0.15, -0.1) is 0 Å². The van der Waals surface area contributed by atoms with Crippen molar-refractivity contribution >= 4 is 16.1 Å². The molecule has 0 saturated carbocycles. The lowest BCUT2D eigenvalue weighted by Crippen LogP contribution is -1.56. The number of halogens is 1. The van der Waals surface area contributed by atoms with Gasteiger partial charge in [0.1, 0.15) is 5.75 Å². The van der Waals surface area contributed by atoms with Gasteiger partial charge in [-0.1, -0.05) is 18.2 Å². The van der Waals surface area contributed by atoms with E-state index in [1.54, 1.807) is 24.3 Å². The van der Waals surface area contributed by atoms with Gasteiger partial charge in [0.25, 0.3) is 0 Å². The van der Waals surface area contributed by atoms with E-state index in [0.29, 0.717) is 5.75 Å². The van der Waals surface area contributed by atoms with Gasteiger partial charge in [0.15, 0.2) is 0 Å². The zero-order chi connectivity index (χ0) is 7.11.